The molecule has 4 aromatic rings. The van der Waals surface area contributed by atoms with E-state index < -0.39 is 63.0 Å². The number of aryl methyl sites for hydroxylation is 1. The number of aromatic nitrogens is 3. The molecule has 0 amide bonds. The van der Waals surface area contributed by atoms with E-state index in [0.29, 0.717) is 22.8 Å². The Bertz CT molecular complexity index is 1630. The Morgan fingerprint density at radius 2 is 1.78 bits per heavy atom. The third kappa shape index (κ3) is 5.58. The molecule has 194 valence electrons. The molecule has 3 heterocycles. The number of hydrogen-bond acceptors (Lipinski definition) is 5. The van der Waals surface area contributed by atoms with Crippen LogP contribution in [0.5, 0.6) is 0 Å². The van der Waals surface area contributed by atoms with Gasteiger partial charge in [0.2, 0.25) is 16.0 Å². The molecule has 37 heavy (non-hydrogen) atoms. The molecule has 0 saturated heterocycles. The van der Waals surface area contributed by atoms with Gasteiger partial charge < -0.3 is 4.98 Å². The van der Waals surface area contributed by atoms with Crippen molar-refractivity contribution in [3.63, 3.8) is 0 Å². The minimum absolute atomic E-state index is 0.103. The van der Waals surface area contributed by atoms with E-state index in [1.165, 1.54) is 35.4 Å². The lowest BCUT2D eigenvalue weighted by Crippen LogP contribution is -2.23. The van der Waals surface area contributed by atoms with Gasteiger partial charge in [0.15, 0.2) is 11.6 Å². The van der Waals surface area contributed by atoms with E-state index in [0.717, 1.165) is 6.07 Å². The number of aromatic amines is 1. The van der Waals surface area contributed by atoms with Crippen molar-refractivity contribution in [3.8, 4) is 11.1 Å². The lowest BCUT2D eigenvalue weighted by molar-refractivity contribution is -0.129. The predicted octanol–water partition coefficient (Wildman–Crippen LogP) is 5.28. The van der Waals surface area contributed by atoms with Crippen LogP contribution in [0.2, 0.25) is 0 Å². The summed E-state index contributed by atoms with van der Waals surface area (Å²) in [6, 6.07) is 4.12. The number of H-pyrrole nitrogens is 1. The Kier molecular flexibility index (Phi) is 6.71. The van der Waals surface area contributed by atoms with Gasteiger partial charge in [0.25, 0.3) is 0 Å². The van der Waals surface area contributed by atoms with E-state index in [1.807, 2.05) is 0 Å². The van der Waals surface area contributed by atoms with Gasteiger partial charge >= 0.3 is 6.18 Å². The zero-order valence-corrected chi connectivity index (χ0v) is 19.6. The molecule has 0 spiro atoms. The van der Waals surface area contributed by atoms with Crippen LogP contribution in [0.15, 0.2) is 42.9 Å². The number of anilines is 1. The first kappa shape index (κ1) is 26.1. The Morgan fingerprint density at radius 1 is 1.05 bits per heavy atom. The Balaban J connectivity index is 1.72. The zero-order valence-electron chi connectivity index (χ0n) is 18.8. The maximum absolute atomic E-state index is 15.1. The molecule has 0 atom stereocenters. The fourth-order valence-corrected chi connectivity index (χ4v) is 4.69. The van der Waals surface area contributed by atoms with Gasteiger partial charge in [-0.1, -0.05) is 0 Å². The van der Waals surface area contributed by atoms with Crippen LogP contribution >= 0.6 is 0 Å². The number of fused-ring (bicyclic) bond motifs is 1. The summed E-state index contributed by atoms with van der Waals surface area (Å²) < 4.78 is 105. The maximum Gasteiger partial charge on any atom is 0.390 e. The van der Waals surface area contributed by atoms with Crippen molar-refractivity contribution in [1.29, 1.82) is 0 Å². The monoisotopic (exact) mass is 542 g/mol. The highest BCUT2D eigenvalue weighted by molar-refractivity contribution is 7.92. The van der Waals surface area contributed by atoms with Crippen LogP contribution in [0.1, 0.15) is 27.9 Å². The zero-order chi connectivity index (χ0) is 27.1. The molecule has 0 aliphatic rings. The van der Waals surface area contributed by atoms with Gasteiger partial charge in [-0.25, -0.2) is 27.2 Å². The number of carbonyl (C=O) groups is 1. The van der Waals surface area contributed by atoms with E-state index in [9.17, 15) is 35.2 Å². The van der Waals surface area contributed by atoms with E-state index in [-0.39, 0.29) is 16.6 Å². The molecule has 0 fully saturated rings. The smallest absolute Gasteiger partial charge is 0.345 e. The lowest BCUT2D eigenvalue weighted by atomic mass is 9.99. The van der Waals surface area contributed by atoms with E-state index in [4.69, 9.17) is 0 Å². The Morgan fingerprint density at radius 3 is 2.46 bits per heavy atom. The van der Waals surface area contributed by atoms with Crippen molar-refractivity contribution in [2.45, 2.75) is 19.5 Å². The summed E-state index contributed by atoms with van der Waals surface area (Å²) in [5, 5.41) is 0.224. The number of halogens is 6. The van der Waals surface area contributed by atoms with Crippen molar-refractivity contribution in [2.24, 2.45) is 0 Å². The maximum atomic E-state index is 15.1. The summed E-state index contributed by atoms with van der Waals surface area (Å²) in [7, 11) is -4.80. The molecule has 2 N–H and O–H groups in total. The minimum Gasteiger partial charge on any atom is -0.345 e. The summed E-state index contributed by atoms with van der Waals surface area (Å²) in [4.78, 5) is 23.7. The average Bonchev–Trinajstić information content (AvgIpc) is 3.23. The highest BCUT2D eigenvalue weighted by Gasteiger charge is 2.31. The van der Waals surface area contributed by atoms with Crippen molar-refractivity contribution >= 4 is 32.5 Å². The summed E-state index contributed by atoms with van der Waals surface area (Å²) in [5.41, 5.74) is -0.378. The third-order valence-corrected chi connectivity index (χ3v) is 6.67. The molecule has 0 radical (unpaired) electrons. The Hall–Kier alpha value is -3.94. The second-order valence-corrected chi connectivity index (χ2v) is 9.89. The standard InChI is InChI=1S/C23H16F6N4O3S/c1-11-6-18(25)30-9-15(11)12-7-14-16(10-32-22(14)31-8-12)21(34)13-2-3-17(24)20(19(13)26)33-37(35,36)5-4-23(27,28)29/h2-3,6-10,33H,4-5H2,1H3,(H,31,32). The number of hydrogen-bond donors (Lipinski definition) is 2. The number of nitrogens with zero attached hydrogens (tertiary/aromatic N) is 2. The molecule has 0 aliphatic heterocycles. The fourth-order valence-electron chi connectivity index (χ4n) is 3.59. The molecule has 0 saturated carbocycles. The van der Waals surface area contributed by atoms with Gasteiger partial charge in [-0.3, -0.25) is 9.52 Å². The molecular weight excluding hydrogens is 526 g/mol. The molecule has 0 unspecified atom stereocenters. The van der Waals surface area contributed by atoms with Crippen LogP contribution in [-0.2, 0) is 10.0 Å². The predicted molar refractivity (Wildman–Crippen MR) is 122 cm³/mol. The summed E-state index contributed by atoms with van der Waals surface area (Å²) in [5.74, 6) is -6.16. The third-order valence-electron chi connectivity index (χ3n) is 5.41. The van der Waals surface area contributed by atoms with E-state index in [2.05, 4.69) is 15.0 Å². The van der Waals surface area contributed by atoms with E-state index >= 15 is 4.39 Å². The fraction of sp³-hybridized carbons (Fsp3) is 0.174. The number of ketones is 1. The number of rotatable bonds is 7. The molecule has 14 heteroatoms. The van der Waals surface area contributed by atoms with Gasteiger partial charge in [-0.05, 0) is 36.8 Å². The van der Waals surface area contributed by atoms with Crippen LogP contribution < -0.4 is 4.72 Å². The summed E-state index contributed by atoms with van der Waals surface area (Å²) in [6.45, 7) is 1.64. The van der Waals surface area contributed by atoms with Gasteiger partial charge in [0.1, 0.15) is 17.2 Å². The second kappa shape index (κ2) is 9.50. The summed E-state index contributed by atoms with van der Waals surface area (Å²) in [6.07, 6.45) is -2.61. The number of carbonyl (C=O) groups excluding carboxylic acids is 1. The summed E-state index contributed by atoms with van der Waals surface area (Å²) >= 11 is 0. The SMILES string of the molecule is Cc1cc(F)ncc1-c1cnc2[nH]cc(C(=O)c3ccc(F)c(NS(=O)(=O)CCC(F)(F)F)c3F)c2c1. The molecule has 7 nitrogen and oxygen atoms in total. The normalized spacial score (nSPS) is 12.2. The number of pyridine rings is 2. The largest absolute Gasteiger partial charge is 0.390 e. The minimum atomic E-state index is -4.81. The van der Waals surface area contributed by atoms with Gasteiger partial charge in [-0.15, -0.1) is 0 Å². The van der Waals surface area contributed by atoms with Crippen molar-refractivity contribution < 1.29 is 39.6 Å². The highest BCUT2D eigenvalue weighted by Crippen LogP contribution is 2.31. The van der Waals surface area contributed by atoms with Gasteiger partial charge in [-0.2, -0.15) is 17.6 Å². The first-order valence-corrected chi connectivity index (χ1v) is 12.1. The first-order valence-electron chi connectivity index (χ1n) is 10.5. The van der Waals surface area contributed by atoms with E-state index in [1.54, 1.807) is 6.92 Å². The van der Waals surface area contributed by atoms with Crippen LogP contribution in [0.4, 0.5) is 32.0 Å². The molecule has 0 aliphatic carbocycles. The Labute approximate surface area is 205 Å². The molecular formula is C23H16F6N4O3S. The number of nitrogens with one attached hydrogen (secondary N) is 2. The second-order valence-electron chi connectivity index (χ2n) is 8.04. The molecule has 3 aromatic heterocycles. The molecule has 0 bridgehead atoms. The number of benzene rings is 1. The topological polar surface area (TPSA) is 105 Å². The first-order chi connectivity index (χ1) is 17.3. The van der Waals surface area contributed by atoms with Crippen molar-refractivity contribution in [1.82, 2.24) is 15.0 Å². The number of alkyl halides is 3. The average molecular weight is 542 g/mol. The van der Waals surface area contributed by atoms with Crippen LogP contribution in [0.25, 0.3) is 22.2 Å². The number of sulfonamides is 1. The molecule has 4 rings (SSSR count). The molecule has 1 aromatic carbocycles. The van der Waals surface area contributed by atoms with Gasteiger partial charge in [0.05, 0.1) is 17.7 Å². The van der Waals surface area contributed by atoms with Crippen LogP contribution in [0, 0.1) is 24.5 Å². The quantitative estimate of drug-likeness (QED) is 0.188. The van der Waals surface area contributed by atoms with Crippen molar-refractivity contribution in [2.75, 3.05) is 10.5 Å². The van der Waals surface area contributed by atoms with Gasteiger partial charge in [0, 0.05) is 40.7 Å². The van der Waals surface area contributed by atoms with Crippen molar-refractivity contribution in [3.05, 3.63) is 77.1 Å². The van der Waals surface area contributed by atoms with Crippen LogP contribution in [0.3, 0.4) is 0 Å². The lowest BCUT2D eigenvalue weighted by Gasteiger charge is -2.13. The highest BCUT2D eigenvalue weighted by atomic mass is 32.2. The van der Waals surface area contributed by atoms with Crippen LogP contribution in [-0.4, -0.2) is 41.1 Å².